The van der Waals surface area contributed by atoms with Gasteiger partial charge in [-0.1, -0.05) is 36.7 Å². The largest absolute Gasteiger partial charge is 0.426 e. The van der Waals surface area contributed by atoms with Crippen LogP contribution in [0.3, 0.4) is 0 Å². The molecule has 0 aromatic heterocycles. The first-order valence-electron chi connectivity index (χ1n) is 9.24. The van der Waals surface area contributed by atoms with E-state index in [0.717, 1.165) is 6.42 Å². The van der Waals surface area contributed by atoms with E-state index in [2.05, 4.69) is 9.88 Å². The standard InChI is InChI=1S/C21H26N2O5S/c1-5-8-18(22-25)17-9-6-7-10-19(17)23-29(26,27)16-13-11-15(12-14-16)28-20(24)21(2,3)4/h6-7,9-14,23,25H,5,8H2,1-4H3. The van der Waals surface area contributed by atoms with E-state index in [4.69, 9.17) is 4.74 Å². The lowest BCUT2D eigenvalue weighted by Crippen LogP contribution is -2.25. The zero-order chi connectivity index (χ0) is 21.7. The highest BCUT2D eigenvalue weighted by molar-refractivity contribution is 7.92. The number of benzene rings is 2. The van der Waals surface area contributed by atoms with Gasteiger partial charge in [0.2, 0.25) is 0 Å². The Hall–Kier alpha value is -2.87. The molecule has 0 saturated heterocycles. The van der Waals surface area contributed by atoms with Gasteiger partial charge >= 0.3 is 5.97 Å². The van der Waals surface area contributed by atoms with Gasteiger partial charge in [-0.25, -0.2) is 8.42 Å². The van der Waals surface area contributed by atoms with E-state index in [1.54, 1.807) is 45.0 Å². The highest BCUT2D eigenvalue weighted by Gasteiger charge is 2.24. The number of sulfonamides is 1. The number of nitrogens with one attached hydrogen (secondary N) is 1. The molecule has 29 heavy (non-hydrogen) atoms. The zero-order valence-corrected chi connectivity index (χ0v) is 17.8. The summed E-state index contributed by atoms with van der Waals surface area (Å²) in [4.78, 5) is 12.0. The fourth-order valence-electron chi connectivity index (χ4n) is 2.45. The van der Waals surface area contributed by atoms with Crippen molar-refractivity contribution < 1.29 is 23.2 Å². The van der Waals surface area contributed by atoms with Gasteiger partial charge in [-0.15, -0.1) is 0 Å². The second-order valence-corrected chi connectivity index (χ2v) is 9.24. The maximum atomic E-state index is 12.8. The third-order valence-electron chi connectivity index (χ3n) is 4.05. The minimum Gasteiger partial charge on any atom is -0.426 e. The number of anilines is 1. The first-order valence-corrected chi connectivity index (χ1v) is 10.7. The molecule has 0 amide bonds. The summed E-state index contributed by atoms with van der Waals surface area (Å²) in [5.74, 6) is -0.145. The van der Waals surface area contributed by atoms with Gasteiger partial charge in [-0.2, -0.15) is 0 Å². The predicted molar refractivity (Wildman–Crippen MR) is 112 cm³/mol. The number of hydrogen-bond donors (Lipinski definition) is 2. The molecule has 0 aliphatic rings. The molecule has 0 fully saturated rings. The summed E-state index contributed by atoms with van der Waals surface area (Å²) in [5, 5.41) is 12.6. The molecule has 2 N–H and O–H groups in total. The third-order valence-corrected chi connectivity index (χ3v) is 5.43. The van der Waals surface area contributed by atoms with E-state index in [1.165, 1.54) is 24.3 Å². The molecular weight excluding hydrogens is 392 g/mol. The Bertz CT molecular complexity index is 990. The summed E-state index contributed by atoms with van der Waals surface area (Å²) in [6.07, 6.45) is 1.25. The minimum atomic E-state index is -3.89. The highest BCUT2D eigenvalue weighted by atomic mass is 32.2. The number of oxime groups is 1. The lowest BCUT2D eigenvalue weighted by Gasteiger charge is -2.16. The molecule has 8 heteroatoms. The fraction of sp³-hybridized carbons (Fsp3) is 0.333. The van der Waals surface area contributed by atoms with Crippen molar-refractivity contribution in [2.75, 3.05) is 4.72 Å². The first kappa shape index (κ1) is 22.4. The van der Waals surface area contributed by atoms with Gasteiger partial charge in [0.05, 0.1) is 21.7 Å². The number of carbonyl (C=O) groups excluding carboxylic acids is 1. The number of carbonyl (C=O) groups is 1. The Morgan fingerprint density at radius 2 is 1.72 bits per heavy atom. The van der Waals surface area contributed by atoms with Crippen molar-refractivity contribution in [3.05, 3.63) is 54.1 Å². The normalized spacial score (nSPS) is 12.5. The molecule has 7 nitrogen and oxygen atoms in total. The van der Waals surface area contributed by atoms with Gasteiger partial charge in [-0.05, 0) is 57.5 Å². The van der Waals surface area contributed by atoms with Gasteiger partial charge in [-0.3, -0.25) is 9.52 Å². The van der Waals surface area contributed by atoms with E-state index in [-0.39, 0.29) is 10.6 Å². The van der Waals surface area contributed by atoms with Crippen LogP contribution in [0.5, 0.6) is 5.75 Å². The van der Waals surface area contributed by atoms with Crippen LogP contribution in [0.25, 0.3) is 0 Å². The molecule has 0 aliphatic heterocycles. The van der Waals surface area contributed by atoms with Gasteiger partial charge < -0.3 is 9.94 Å². The van der Waals surface area contributed by atoms with Crippen LogP contribution in [0, 0.1) is 5.41 Å². The molecule has 0 bridgehead atoms. The molecule has 156 valence electrons. The van der Waals surface area contributed by atoms with Crippen LogP contribution < -0.4 is 9.46 Å². The lowest BCUT2D eigenvalue weighted by atomic mass is 9.97. The summed E-state index contributed by atoms with van der Waals surface area (Å²) in [6.45, 7) is 7.14. The Kier molecular flexibility index (Phi) is 7.02. The van der Waals surface area contributed by atoms with Crippen molar-refractivity contribution in [3.8, 4) is 5.75 Å². The van der Waals surface area contributed by atoms with E-state index < -0.39 is 21.4 Å². The van der Waals surface area contributed by atoms with Crippen molar-refractivity contribution in [2.24, 2.45) is 10.6 Å². The van der Waals surface area contributed by atoms with Crippen LogP contribution in [0.2, 0.25) is 0 Å². The van der Waals surface area contributed by atoms with Crippen molar-refractivity contribution >= 4 is 27.4 Å². The number of para-hydroxylation sites is 1. The predicted octanol–water partition coefficient (Wildman–Crippen LogP) is 4.42. The second kappa shape index (κ2) is 9.09. The smallest absolute Gasteiger partial charge is 0.316 e. The van der Waals surface area contributed by atoms with Crippen molar-refractivity contribution in [3.63, 3.8) is 0 Å². The molecule has 2 aromatic carbocycles. The van der Waals surface area contributed by atoms with Gasteiger partial charge in [0, 0.05) is 5.56 Å². The van der Waals surface area contributed by atoms with E-state index >= 15 is 0 Å². The Morgan fingerprint density at radius 1 is 1.10 bits per heavy atom. The second-order valence-electron chi connectivity index (χ2n) is 7.56. The third kappa shape index (κ3) is 5.80. The van der Waals surface area contributed by atoms with Crippen molar-refractivity contribution in [1.29, 1.82) is 0 Å². The average Bonchev–Trinajstić information content (AvgIpc) is 2.66. The summed E-state index contributed by atoms with van der Waals surface area (Å²) >= 11 is 0. The summed E-state index contributed by atoms with van der Waals surface area (Å²) in [7, 11) is -3.89. The summed E-state index contributed by atoms with van der Waals surface area (Å²) in [6, 6.07) is 12.3. The maximum Gasteiger partial charge on any atom is 0.316 e. The zero-order valence-electron chi connectivity index (χ0n) is 17.0. The molecule has 0 unspecified atom stereocenters. The highest BCUT2D eigenvalue weighted by Crippen LogP contribution is 2.24. The van der Waals surface area contributed by atoms with Crippen LogP contribution in [-0.2, 0) is 14.8 Å². The minimum absolute atomic E-state index is 0.0147. The summed E-state index contributed by atoms with van der Waals surface area (Å²) in [5.41, 5.74) is 0.559. The van der Waals surface area contributed by atoms with Crippen LogP contribution >= 0.6 is 0 Å². The van der Waals surface area contributed by atoms with Gasteiger partial charge in [0.1, 0.15) is 5.75 Å². The molecule has 0 atom stereocenters. The molecule has 0 saturated carbocycles. The number of rotatable bonds is 7. The Labute approximate surface area is 171 Å². The van der Waals surface area contributed by atoms with E-state index in [0.29, 0.717) is 23.4 Å². The van der Waals surface area contributed by atoms with Crippen molar-refractivity contribution in [1.82, 2.24) is 0 Å². The van der Waals surface area contributed by atoms with Crippen molar-refractivity contribution in [2.45, 2.75) is 45.4 Å². The van der Waals surface area contributed by atoms with E-state index in [9.17, 15) is 18.4 Å². The molecular formula is C21H26N2O5S. The van der Waals surface area contributed by atoms with Gasteiger partial charge in [0.15, 0.2) is 0 Å². The van der Waals surface area contributed by atoms with Crippen LogP contribution in [-0.4, -0.2) is 25.3 Å². The van der Waals surface area contributed by atoms with Crippen LogP contribution in [0.15, 0.2) is 58.6 Å². The maximum absolute atomic E-state index is 12.8. The molecule has 0 aliphatic carbocycles. The molecule has 0 spiro atoms. The van der Waals surface area contributed by atoms with Crippen LogP contribution in [0.1, 0.15) is 46.1 Å². The average molecular weight is 419 g/mol. The fourth-order valence-corrected chi connectivity index (χ4v) is 3.53. The monoisotopic (exact) mass is 418 g/mol. The number of ether oxygens (including phenoxy) is 1. The van der Waals surface area contributed by atoms with Gasteiger partial charge in [0.25, 0.3) is 10.0 Å². The molecule has 2 rings (SSSR count). The van der Waals surface area contributed by atoms with Crippen LogP contribution in [0.4, 0.5) is 5.69 Å². The van der Waals surface area contributed by atoms with E-state index in [1.807, 2.05) is 6.92 Å². The Balaban J connectivity index is 2.26. The SMILES string of the molecule is CCCC(=NO)c1ccccc1NS(=O)(=O)c1ccc(OC(=O)C(C)(C)C)cc1. The molecule has 0 heterocycles. The molecule has 0 radical (unpaired) electrons. The summed E-state index contributed by atoms with van der Waals surface area (Å²) < 4.78 is 33.4. The number of esters is 1. The topological polar surface area (TPSA) is 105 Å². The molecule has 2 aromatic rings. The number of hydrogen-bond acceptors (Lipinski definition) is 6. The number of nitrogens with zero attached hydrogens (tertiary/aromatic N) is 1. The quantitative estimate of drug-likeness (QED) is 0.228. The first-order chi connectivity index (χ1) is 13.6. The Morgan fingerprint density at radius 3 is 2.28 bits per heavy atom. The lowest BCUT2D eigenvalue weighted by molar-refractivity contribution is -0.143.